The number of halogens is 1. The highest BCUT2D eigenvalue weighted by Gasteiger charge is 2.27. The van der Waals surface area contributed by atoms with E-state index in [0.717, 1.165) is 0 Å². The number of nitrogens with two attached hydrogens (primary N) is 1. The minimum absolute atomic E-state index is 0.233. The van der Waals surface area contributed by atoms with Gasteiger partial charge in [-0.3, -0.25) is 9.46 Å². The van der Waals surface area contributed by atoms with Crippen molar-refractivity contribution in [1.82, 2.24) is 14.5 Å². The first-order chi connectivity index (χ1) is 13.6. The lowest BCUT2D eigenvalue weighted by atomic mass is 10.4. The average Bonchev–Trinajstić information content (AvgIpc) is 3.00. The summed E-state index contributed by atoms with van der Waals surface area (Å²) in [6.07, 6.45) is 2.30. The molecule has 0 spiro atoms. The van der Waals surface area contributed by atoms with Gasteiger partial charge in [0.05, 0.1) is 39.1 Å². The molecule has 1 aromatic rings. The molecule has 0 aliphatic carbocycles. The van der Waals surface area contributed by atoms with Gasteiger partial charge >= 0.3 is 7.60 Å². The number of nitrogens with zero attached hydrogens (tertiary/aromatic N) is 4. The molecule has 0 saturated heterocycles. The molecule has 1 unspecified atom stereocenters. The van der Waals surface area contributed by atoms with Crippen LogP contribution in [0.15, 0.2) is 11.3 Å². The zero-order valence-corrected chi connectivity index (χ0v) is 19.9. The number of hydrogen-bond acceptors (Lipinski definition) is 9. The fraction of sp³-hybridized carbons (Fsp3) is 0.750. The predicted octanol–water partition coefficient (Wildman–Crippen LogP) is 3.01. The first-order valence-electron chi connectivity index (χ1n) is 9.50. The molecule has 29 heavy (non-hydrogen) atoms. The average molecular weight is 469 g/mol. The minimum atomic E-state index is -3.17. The molecule has 1 aliphatic rings. The second-order valence-corrected chi connectivity index (χ2v) is 13.2. The molecule has 13 heteroatoms. The molecule has 0 fully saturated rings. The van der Waals surface area contributed by atoms with Crippen molar-refractivity contribution >= 4 is 38.1 Å². The van der Waals surface area contributed by atoms with Gasteiger partial charge in [0.15, 0.2) is 11.5 Å². The van der Waals surface area contributed by atoms with Crippen molar-refractivity contribution in [3.8, 4) is 0 Å². The van der Waals surface area contributed by atoms with E-state index in [4.69, 9.17) is 26.4 Å². The summed E-state index contributed by atoms with van der Waals surface area (Å²) in [5.74, 6) is 0.931. The van der Waals surface area contributed by atoms with Gasteiger partial charge in [-0.1, -0.05) is 11.6 Å². The molecule has 2 heterocycles. The van der Waals surface area contributed by atoms with Gasteiger partial charge in [0.2, 0.25) is 0 Å². The van der Waals surface area contributed by atoms with Gasteiger partial charge in [-0.05, 0) is 27.2 Å². The molecule has 0 amide bonds. The summed E-state index contributed by atoms with van der Waals surface area (Å²) in [6, 6.07) is 0. The number of rotatable bonds is 12. The van der Waals surface area contributed by atoms with Gasteiger partial charge < -0.3 is 29.2 Å². The van der Waals surface area contributed by atoms with Crippen molar-refractivity contribution in [2.45, 2.75) is 25.9 Å². The number of fused-ring (bicyclic) bond motifs is 1. The molecule has 1 aliphatic heterocycles. The number of imidazole rings is 1. The van der Waals surface area contributed by atoms with Gasteiger partial charge in [0.25, 0.3) is 0 Å². The Morgan fingerprint density at radius 1 is 1.28 bits per heavy atom. The zero-order chi connectivity index (χ0) is 21.7. The number of alkyl halides is 1. The van der Waals surface area contributed by atoms with Gasteiger partial charge in [-0.2, -0.15) is 0 Å². The summed E-state index contributed by atoms with van der Waals surface area (Å²) in [5, 5.41) is 2.99. The van der Waals surface area contributed by atoms with Crippen molar-refractivity contribution in [2.75, 3.05) is 57.4 Å². The second kappa shape index (κ2) is 10.4. The van der Waals surface area contributed by atoms with Crippen LogP contribution in [-0.2, 0) is 24.7 Å². The van der Waals surface area contributed by atoms with Crippen molar-refractivity contribution in [2.24, 2.45) is 10.7 Å². The number of hydrogen-bond donors (Lipinski definition) is 2. The third-order valence-corrected chi connectivity index (χ3v) is 7.57. The van der Waals surface area contributed by atoms with E-state index in [9.17, 15) is 9.13 Å². The molecule has 10 nitrogen and oxygen atoms in total. The highest BCUT2D eigenvalue weighted by Crippen LogP contribution is 2.48. The Morgan fingerprint density at radius 3 is 2.52 bits per heavy atom. The second-order valence-electron chi connectivity index (χ2n) is 7.15. The molecule has 1 aromatic heterocycles. The lowest BCUT2D eigenvalue weighted by Gasteiger charge is -2.27. The summed E-state index contributed by atoms with van der Waals surface area (Å²) in [4.78, 5) is 10.4. The maximum absolute atomic E-state index is 12.8. The summed E-state index contributed by atoms with van der Waals surface area (Å²) < 4.78 is 37.8. The highest BCUT2D eigenvalue weighted by molar-refractivity contribution is 7.62. The molecule has 3 N–H and O–H groups in total. The van der Waals surface area contributed by atoms with Crippen LogP contribution in [0.2, 0.25) is 0 Å². The fourth-order valence-corrected chi connectivity index (χ4v) is 6.18. The Morgan fingerprint density at radius 2 is 1.93 bits per heavy atom. The minimum Gasteiger partial charge on any atom is -0.370 e. The number of aromatic nitrogens is 2. The van der Waals surface area contributed by atoms with Crippen LogP contribution in [0.25, 0.3) is 0 Å². The van der Waals surface area contributed by atoms with E-state index in [0.29, 0.717) is 50.6 Å². The maximum Gasteiger partial charge on any atom is 0.331 e. The van der Waals surface area contributed by atoms with E-state index >= 15 is 0 Å². The summed E-state index contributed by atoms with van der Waals surface area (Å²) in [6.45, 7) is 9.22. The molecule has 0 saturated carbocycles. The Hall–Kier alpha value is -0.890. The first-order valence-corrected chi connectivity index (χ1v) is 14.5. The van der Waals surface area contributed by atoms with E-state index < -0.39 is 20.2 Å². The number of nitrogens with one attached hydrogen (secondary N) is 1. The molecule has 2 rings (SSSR count). The lowest BCUT2D eigenvalue weighted by Crippen LogP contribution is -2.33. The summed E-state index contributed by atoms with van der Waals surface area (Å²) in [5.41, 5.74) is 5.75. The molecule has 0 bridgehead atoms. The maximum atomic E-state index is 12.8. The van der Waals surface area contributed by atoms with Gasteiger partial charge in [-0.15, -0.1) is 0 Å². The van der Waals surface area contributed by atoms with Gasteiger partial charge in [0.1, 0.15) is 11.5 Å². The molecular formula is C16H31ClN6O4P2. The monoisotopic (exact) mass is 468 g/mol. The topological polar surface area (TPSA) is 124 Å². The van der Waals surface area contributed by atoms with Crippen LogP contribution in [-0.4, -0.2) is 72.5 Å². The quantitative estimate of drug-likeness (QED) is 0.272. The Labute approximate surface area is 177 Å². The highest BCUT2D eigenvalue weighted by atomic mass is 35.5. The molecule has 1 atom stereocenters. The van der Waals surface area contributed by atoms with E-state index in [1.807, 2.05) is 9.47 Å². The van der Waals surface area contributed by atoms with Crippen LogP contribution < -0.4 is 11.1 Å². The third kappa shape index (κ3) is 7.39. The van der Waals surface area contributed by atoms with Crippen LogP contribution in [0.5, 0.6) is 0 Å². The van der Waals surface area contributed by atoms with Crippen molar-refractivity contribution in [3.05, 3.63) is 12.0 Å². The smallest absolute Gasteiger partial charge is 0.331 e. The SMILES string of the molecule is CCOP(=O)(CCN(CCn1cnc2c1NC(N)=NC2Cl)CP(C)(C)=O)OCC. The van der Waals surface area contributed by atoms with Crippen molar-refractivity contribution in [1.29, 1.82) is 0 Å². The Balaban J connectivity index is 2.06. The van der Waals surface area contributed by atoms with E-state index in [1.54, 1.807) is 33.5 Å². The van der Waals surface area contributed by atoms with E-state index in [1.165, 1.54) is 0 Å². The molecule has 0 aromatic carbocycles. The van der Waals surface area contributed by atoms with Crippen LogP contribution in [0.3, 0.4) is 0 Å². The standard InChI is InChI=1S/C16H31ClN6O4P2/c1-5-26-29(25,27-6-2)10-9-22(12-28(3,4)24)7-8-23-11-19-13-14(17)20-16(18)21-15(13)23/h11,14H,5-10,12H2,1-4H3,(H3,18,20,21). The normalized spacial score (nSPS) is 17.2. The Kier molecular flexibility index (Phi) is 8.76. The van der Waals surface area contributed by atoms with Crippen LogP contribution in [0.4, 0.5) is 5.82 Å². The number of aliphatic imine (C=N–C) groups is 1. The molecule has 166 valence electrons. The van der Waals surface area contributed by atoms with E-state index in [-0.39, 0.29) is 12.1 Å². The summed E-state index contributed by atoms with van der Waals surface area (Å²) in [7, 11) is -5.50. The van der Waals surface area contributed by atoms with Crippen molar-refractivity contribution < 1.29 is 18.2 Å². The van der Waals surface area contributed by atoms with Crippen molar-refractivity contribution in [3.63, 3.8) is 0 Å². The fourth-order valence-electron chi connectivity index (χ4n) is 3.02. The van der Waals surface area contributed by atoms with Crippen LogP contribution in [0.1, 0.15) is 25.0 Å². The predicted molar refractivity (Wildman–Crippen MR) is 118 cm³/mol. The largest absolute Gasteiger partial charge is 0.370 e. The molecule has 0 radical (unpaired) electrons. The third-order valence-electron chi connectivity index (χ3n) is 4.13. The van der Waals surface area contributed by atoms with Gasteiger partial charge in [-0.25, -0.2) is 9.98 Å². The first kappa shape index (κ1) is 24.4. The number of anilines is 1. The van der Waals surface area contributed by atoms with Crippen LogP contribution in [0, 0.1) is 0 Å². The Bertz CT molecular complexity index is 801. The van der Waals surface area contributed by atoms with Gasteiger partial charge in [0, 0.05) is 19.6 Å². The van der Waals surface area contributed by atoms with E-state index in [2.05, 4.69) is 15.3 Å². The van der Waals surface area contributed by atoms with Crippen LogP contribution >= 0.6 is 26.3 Å². The lowest BCUT2D eigenvalue weighted by molar-refractivity contribution is 0.214. The number of guanidine groups is 1. The zero-order valence-electron chi connectivity index (χ0n) is 17.4. The molecular weight excluding hydrogens is 438 g/mol. The summed E-state index contributed by atoms with van der Waals surface area (Å²) >= 11 is 6.18.